The molecule has 6 amide bonds. The Morgan fingerprint density at radius 1 is 0.545 bits per heavy atom. The number of hydrogen-bond acceptors (Lipinski definition) is 12. The van der Waals surface area contributed by atoms with Gasteiger partial charge >= 0.3 is 24.2 Å². The maximum absolute atomic E-state index is 12.3. The standard InChI is InChI=1S/C15H28N2O3S.C13H22N2O5.C13H24N2O4.3C2H6/c1-6-16-10-12(8-9-21-7-2)17(11-13(16)18)14(19)20-15(3,4)5;1-5-14-7-9(6-11(17)18)15(8-10(14)16)12(19)20-13(2,3)4;1-5-14-8-10(6-7-16)15(9-11(14)17)12(18)19-13(2,3)4;3*1-2/h12H,6-11H2,1-5H3;9H,5-8H2,1-4H3,(H,17,18);10,16H,5-9H2,1-4H3;3*1-2H3/t12-;9-;10-;;;/m000.../s1. The van der Waals surface area contributed by atoms with E-state index in [0.29, 0.717) is 39.1 Å². The molecule has 0 radical (unpaired) electrons. The van der Waals surface area contributed by atoms with Crippen LogP contribution < -0.4 is 0 Å². The summed E-state index contributed by atoms with van der Waals surface area (Å²) in [6.45, 7) is 39.0. The predicted molar refractivity (Wildman–Crippen MR) is 263 cm³/mol. The highest BCUT2D eigenvalue weighted by Gasteiger charge is 2.39. The molecule has 3 aliphatic rings. The van der Waals surface area contributed by atoms with Crippen molar-refractivity contribution in [1.29, 1.82) is 0 Å². The third kappa shape index (κ3) is 26.4. The molecule has 0 aromatic heterocycles. The van der Waals surface area contributed by atoms with Crippen molar-refractivity contribution in [3.63, 3.8) is 0 Å². The van der Waals surface area contributed by atoms with Gasteiger partial charge in [-0.2, -0.15) is 11.8 Å². The minimum atomic E-state index is -1.01. The fourth-order valence-corrected chi connectivity index (χ4v) is 7.12. The van der Waals surface area contributed by atoms with Crippen molar-refractivity contribution in [3.05, 3.63) is 0 Å². The fourth-order valence-electron chi connectivity index (χ4n) is 6.39. The first kappa shape index (κ1) is 66.3. The summed E-state index contributed by atoms with van der Waals surface area (Å²) in [5.74, 6) is 0.779. The number of ether oxygens (including phenoxy) is 3. The molecule has 0 aromatic rings. The van der Waals surface area contributed by atoms with Crippen LogP contribution in [0.1, 0.15) is 151 Å². The van der Waals surface area contributed by atoms with Crippen LogP contribution >= 0.6 is 11.8 Å². The number of hydrogen-bond donors (Lipinski definition) is 2. The lowest BCUT2D eigenvalue weighted by molar-refractivity contribution is -0.144. The third-order valence-electron chi connectivity index (χ3n) is 9.29. The predicted octanol–water partition coefficient (Wildman–Crippen LogP) is 7.44. The zero-order valence-corrected chi connectivity index (χ0v) is 45.2. The van der Waals surface area contributed by atoms with Gasteiger partial charge in [0.05, 0.1) is 24.5 Å². The van der Waals surface area contributed by atoms with E-state index in [4.69, 9.17) is 24.4 Å². The smallest absolute Gasteiger partial charge is 0.411 e. The van der Waals surface area contributed by atoms with Crippen molar-refractivity contribution in [1.82, 2.24) is 29.4 Å². The molecular weight excluding hydrogens is 873 g/mol. The van der Waals surface area contributed by atoms with Gasteiger partial charge in [0.2, 0.25) is 17.7 Å². The number of nitrogens with zero attached hydrogens (tertiary/aromatic N) is 6. The number of aliphatic carboxylic acids is 1. The average molecular weight is 965 g/mol. The summed E-state index contributed by atoms with van der Waals surface area (Å²) in [4.78, 5) is 92.5. The van der Waals surface area contributed by atoms with Gasteiger partial charge in [-0.15, -0.1) is 0 Å². The SMILES string of the molecule is CC.CC.CC.CCN1C[C@H](CC(=O)O)N(C(=O)OC(C)(C)C)CC1=O.CCN1C[C@H](CCO)N(C(=O)OC(C)(C)C)CC1=O.CCSCC[C@H]1CN(CC)C(=O)CN1C(=O)OC(C)(C)C. The summed E-state index contributed by atoms with van der Waals surface area (Å²) in [6.07, 6.45) is -0.380. The summed E-state index contributed by atoms with van der Waals surface area (Å²) in [6, 6.07) is -0.686. The Labute approximate surface area is 402 Å². The molecule has 0 spiro atoms. The molecular formula is C47H92N6O12S. The van der Waals surface area contributed by atoms with E-state index in [9.17, 15) is 33.6 Å². The summed E-state index contributed by atoms with van der Waals surface area (Å²) in [5.41, 5.74) is -1.81. The molecule has 3 heterocycles. The molecule has 0 unspecified atom stereocenters. The maximum Gasteiger partial charge on any atom is 0.411 e. The van der Waals surface area contributed by atoms with E-state index >= 15 is 0 Å². The monoisotopic (exact) mass is 965 g/mol. The second-order valence-electron chi connectivity index (χ2n) is 17.7. The van der Waals surface area contributed by atoms with Crippen LogP contribution in [0.15, 0.2) is 0 Å². The lowest BCUT2D eigenvalue weighted by Crippen LogP contribution is -2.59. The Bertz CT molecular complexity index is 1450. The van der Waals surface area contributed by atoms with E-state index in [1.807, 2.05) is 99.7 Å². The van der Waals surface area contributed by atoms with Crippen LogP contribution in [-0.2, 0) is 33.4 Å². The largest absolute Gasteiger partial charge is 0.481 e. The Morgan fingerprint density at radius 2 is 0.833 bits per heavy atom. The normalized spacial score (nSPS) is 18.6. The van der Waals surface area contributed by atoms with Crippen LogP contribution in [0.25, 0.3) is 0 Å². The molecule has 3 atom stereocenters. The fraction of sp³-hybridized carbons (Fsp3) is 0.851. The maximum atomic E-state index is 12.3. The van der Waals surface area contributed by atoms with Gasteiger partial charge < -0.3 is 39.1 Å². The summed E-state index contributed by atoms with van der Waals surface area (Å²) in [7, 11) is 0. The van der Waals surface area contributed by atoms with Crippen LogP contribution in [0, 0.1) is 0 Å². The second-order valence-corrected chi connectivity index (χ2v) is 19.1. The number of carbonyl (C=O) groups is 7. The Balaban J connectivity index is -0.000000852. The van der Waals surface area contributed by atoms with Crippen LogP contribution in [0.4, 0.5) is 14.4 Å². The highest BCUT2D eigenvalue weighted by Crippen LogP contribution is 2.22. The average Bonchev–Trinajstić information content (AvgIpc) is 3.23. The summed E-state index contributed by atoms with van der Waals surface area (Å²) >= 11 is 1.86. The van der Waals surface area contributed by atoms with Crippen molar-refractivity contribution in [3.8, 4) is 0 Å². The molecule has 0 aliphatic carbocycles. The highest BCUT2D eigenvalue weighted by atomic mass is 32.2. The van der Waals surface area contributed by atoms with Gasteiger partial charge in [0.25, 0.3) is 0 Å². The molecule has 3 fully saturated rings. The molecule has 66 heavy (non-hydrogen) atoms. The van der Waals surface area contributed by atoms with Gasteiger partial charge in [0, 0.05) is 45.9 Å². The van der Waals surface area contributed by atoms with Gasteiger partial charge in [0.1, 0.15) is 36.4 Å². The van der Waals surface area contributed by atoms with Crippen molar-refractivity contribution in [2.24, 2.45) is 0 Å². The molecule has 388 valence electrons. The number of thioether (sulfide) groups is 1. The number of carboxylic acids is 1. The van der Waals surface area contributed by atoms with Gasteiger partial charge in [-0.05, 0) is 107 Å². The number of aliphatic hydroxyl groups is 1. The molecule has 0 bridgehead atoms. The Morgan fingerprint density at radius 3 is 1.09 bits per heavy atom. The summed E-state index contributed by atoms with van der Waals surface area (Å²) < 4.78 is 16.0. The van der Waals surface area contributed by atoms with Crippen LogP contribution in [-0.4, -0.2) is 194 Å². The molecule has 0 aromatic carbocycles. The number of rotatable bonds is 11. The topological polar surface area (TPSA) is 207 Å². The van der Waals surface area contributed by atoms with Crippen molar-refractivity contribution < 1.29 is 58.0 Å². The zero-order chi connectivity index (χ0) is 52.2. The minimum absolute atomic E-state index is 0.00255. The van der Waals surface area contributed by atoms with Crippen molar-refractivity contribution in [2.45, 2.75) is 186 Å². The quantitative estimate of drug-likeness (QED) is 0.153. The number of likely N-dealkylation sites (N-methyl/N-ethyl adjacent to an activating group) is 3. The molecule has 3 aliphatic heterocycles. The van der Waals surface area contributed by atoms with E-state index < -0.39 is 41.0 Å². The van der Waals surface area contributed by atoms with E-state index in [-0.39, 0.29) is 75.1 Å². The lowest BCUT2D eigenvalue weighted by atomic mass is 10.1. The van der Waals surface area contributed by atoms with E-state index in [1.165, 1.54) is 9.80 Å². The Hall–Kier alpha value is -4.00. The van der Waals surface area contributed by atoms with Gasteiger partial charge in [-0.3, -0.25) is 33.9 Å². The van der Waals surface area contributed by atoms with E-state index in [2.05, 4.69) is 6.92 Å². The van der Waals surface area contributed by atoms with Crippen molar-refractivity contribution >= 4 is 53.7 Å². The number of carbonyl (C=O) groups excluding carboxylic acids is 6. The number of amides is 6. The first-order valence-electron chi connectivity index (χ1n) is 23.9. The Kier molecular flexibility index (Phi) is 33.6. The van der Waals surface area contributed by atoms with E-state index in [1.54, 1.807) is 56.2 Å². The van der Waals surface area contributed by atoms with Crippen LogP contribution in [0.3, 0.4) is 0 Å². The van der Waals surface area contributed by atoms with Crippen LogP contribution in [0.2, 0.25) is 0 Å². The van der Waals surface area contributed by atoms with Crippen LogP contribution in [0.5, 0.6) is 0 Å². The van der Waals surface area contributed by atoms with Gasteiger partial charge in [-0.25, -0.2) is 14.4 Å². The molecule has 18 nitrogen and oxygen atoms in total. The first-order chi connectivity index (χ1) is 30.7. The number of carboxylic acid groups (broad SMARTS) is 1. The third-order valence-corrected chi connectivity index (χ3v) is 10.2. The highest BCUT2D eigenvalue weighted by molar-refractivity contribution is 7.99. The van der Waals surface area contributed by atoms with Crippen molar-refractivity contribution in [2.75, 3.05) is 77.0 Å². The summed E-state index contributed by atoms with van der Waals surface area (Å²) in [5, 5.41) is 18.0. The van der Waals surface area contributed by atoms with Gasteiger partial charge in [0.15, 0.2) is 0 Å². The molecule has 0 saturated carbocycles. The zero-order valence-electron chi connectivity index (χ0n) is 44.4. The molecule has 19 heteroatoms. The number of piperazine rings is 3. The minimum Gasteiger partial charge on any atom is -0.481 e. The number of aliphatic hydroxyl groups excluding tert-OH is 1. The van der Waals surface area contributed by atoms with Gasteiger partial charge in [-0.1, -0.05) is 48.5 Å². The van der Waals surface area contributed by atoms with E-state index in [0.717, 1.165) is 17.9 Å². The second kappa shape index (κ2) is 33.5. The molecule has 2 N–H and O–H groups in total. The lowest BCUT2D eigenvalue weighted by Gasteiger charge is -2.41. The molecule has 3 rings (SSSR count). The first-order valence-corrected chi connectivity index (χ1v) is 25.1. The molecule has 3 saturated heterocycles.